The van der Waals surface area contributed by atoms with Gasteiger partial charge in [0, 0.05) is 6.54 Å². The molecule has 1 rings (SSSR count). The minimum absolute atomic E-state index is 0.269. The fourth-order valence-corrected chi connectivity index (χ4v) is 1.20. The van der Waals surface area contributed by atoms with E-state index in [9.17, 15) is 9.90 Å². The van der Waals surface area contributed by atoms with E-state index in [1.807, 2.05) is 0 Å². The Kier molecular flexibility index (Phi) is 3.50. The maximum Gasteiger partial charge on any atom is 0.360 e. The number of unbranched alkanes of at least 4 members (excludes halogenated alkanes) is 2. The summed E-state index contributed by atoms with van der Waals surface area (Å²) in [6.45, 7) is 2.73. The van der Waals surface area contributed by atoms with Crippen molar-refractivity contribution in [2.45, 2.75) is 32.7 Å². The zero-order valence-electron chi connectivity index (χ0n) is 8.10. The van der Waals surface area contributed by atoms with E-state index in [1.54, 1.807) is 0 Å². The first-order valence-electron chi connectivity index (χ1n) is 4.65. The summed E-state index contributed by atoms with van der Waals surface area (Å²) in [5, 5.41) is 21.6. The maximum atomic E-state index is 10.5. The summed E-state index contributed by atoms with van der Waals surface area (Å²) in [5.41, 5.74) is -0.276. The summed E-state index contributed by atoms with van der Waals surface area (Å²) in [7, 11) is 0. The highest BCUT2D eigenvalue weighted by molar-refractivity contribution is 5.88. The van der Waals surface area contributed by atoms with Gasteiger partial charge >= 0.3 is 5.97 Å². The summed E-state index contributed by atoms with van der Waals surface area (Å²) in [6, 6.07) is 0. The molecule has 0 aliphatic carbocycles. The van der Waals surface area contributed by atoms with Crippen molar-refractivity contribution in [3.63, 3.8) is 0 Å². The Morgan fingerprint density at radius 1 is 1.57 bits per heavy atom. The Labute approximate surface area is 82.0 Å². The van der Waals surface area contributed by atoms with Gasteiger partial charge in [0.05, 0.1) is 6.20 Å². The summed E-state index contributed by atoms with van der Waals surface area (Å²) < 4.78 is 1.47. The molecule has 0 amide bonds. The number of aromatic hydroxyl groups is 1. The number of carboxylic acids is 1. The van der Waals surface area contributed by atoms with E-state index >= 15 is 0 Å². The lowest BCUT2D eigenvalue weighted by Crippen LogP contribution is -2.02. The summed E-state index contributed by atoms with van der Waals surface area (Å²) >= 11 is 0. The van der Waals surface area contributed by atoms with Gasteiger partial charge in [-0.2, -0.15) is 5.10 Å². The minimum atomic E-state index is -1.20. The molecular formula is C9H14N2O3. The van der Waals surface area contributed by atoms with E-state index in [2.05, 4.69) is 12.0 Å². The molecular weight excluding hydrogens is 184 g/mol. The average Bonchev–Trinajstić information content (AvgIpc) is 2.47. The Morgan fingerprint density at radius 2 is 2.29 bits per heavy atom. The molecule has 1 heterocycles. The third-order valence-corrected chi connectivity index (χ3v) is 1.94. The number of aromatic nitrogens is 2. The zero-order valence-corrected chi connectivity index (χ0v) is 8.10. The lowest BCUT2D eigenvalue weighted by atomic mass is 10.2. The molecule has 0 saturated heterocycles. The lowest BCUT2D eigenvalue weighted by molar-refractivity contribution is 0.0686. The van der Waals surface area contributed by atoms with Crippen molar-refractivity contribution >= 4 is 5.97 Å². The molecule has 0 unspecified atom stereocenters. The van der Waals surface area contributed by atoms with Crippen molar-refractivity contribution < 1.29 is 15.0 Å². The summed E-state index contributed by atoms with van der Waals surface area (Å²) in [5.74, 6) is -1.47. The monoisotopic (exact) mass is 198 g/mol. The SMILES string of the molecule is CCCCCn1cc(O)c(C(=O)O)n1. The largest absolute Gasteiger partial charge is 0.504 e. The van der Waals surface area contributed by atoms with Crippen LogP contribution in [0.2, 0.25) is 0 Å². The van der Waals surface area contributed by atoms with E-state index in [0.29, 0.717) is 6.54 Å². The molecule has 0 fully saturated rings. The van der Waals surface area contributed by atoms with E-state index in [4.69, 9.17) is 5.11 Å². The molecule has 5 heteroatoms. The van der Waals surface area contributed by atoms with Gasteiger partial charge in [0.25, 0.3) is 0 Å². The number of carbonyl (C=O) groups is 1. The molecule has 1 aromatic rings. The van der Waals surface area contributed by atoms with Gasteiger partial charge in [-0.25, -0.2) is 4.79 Å². The van der Waals surface area contributed by atoms with Crippen molar-refractivity contribution in [1.29, 1.82) is 0 Å². The van der Waals surface area contributed by atoms with Crippen LogP contribution in [0, 0.1) is 0 Å². The van der Waals surface area contributed by atoms with Crippen LogP contribution in [0.15, 0.2) is 6.20 Å². The Hall–Kier alpha value is -1.52. The molecule has 0 aliphatic rings. The first-order valence-corrected chi connectivity index (χ1v) is 4.65. The number of hydrogen-bond acceptors (Lipinski definition) is 3. The van der Waals surface area contributed by atoms with Crippen molar-refractivity contribution in [2.75, 3.05) is 0 Å². The number of hydrogen-bond donors (Lipinski definition) is 2. The quantitative estimate of drug-likeness (QED) is 0.702. The van der Waals surface area contributed by atoms with Crippen molar-refractivity contribution in [3.05, 3.63) is 11.9 Å². The fraction of sp³-hybridized carbons (Fsp3) is 0.556. The molecule has 0 saturated carbocycles. The number of aryl methyl sites for hydroxylation is 1. The van der Waals surface area contributed by atoms with E-state index < -0.39 is 5.97 Å². The maximum absolute atomic E-state index is 10.5. The zero-order chi connectivity index (χ0) is 10.6. The van der Waals surface area contributed by atoms with E-state index in [0.717, 1.165) is 19.3 Å². The van der Waals surface area contributed by atoms with Gasteiger partial charge in [0.2, 0.25) is 5.69 Å². The second kappa shape index (κ2) is 4.64. The summed E-state index contributed by atoms with van der Waals surface area (Å²) in [6.07, 6.45) is 4.46. The van der Waals surface area contributed by atoms with Gasteiger partial charge < -0.3 is 10.2 Å². The lowest BCUT2D eigenvalue weighted by Gasteiger charge is -1.98. The van der Waals surface area contributed by atoms with E-state index in [1.165, 1.54) is 10.9 Å². The van der Waals surface area contributed by atoms with Gasteiger partial charge in [-0.1, -0.05) is 19.8 Å². The van der Waals surface area contributed by atoms with Crippen LogP contribution in [-0.2, 0) is 6.54 Å². The molecule has 5 nitrogen and oxygen atoms in total. The molecule has 1 aromatic heterocycles. The Balaban J connectivity index is 2.62. The van der Waals surface area contributed by atoms with Crippen molar-refractivity contribution in [2.24, 2.45) is 0 Å². The van der Waals surface area contributed by atoms with Crippen LogP contribution >= 0.6 is 0 Å². The van der Waals surface area contributed by atoms with Crippen LogP contribution in [-0.4, -0.2) is 26.0 Å². The highest BCUT2D eigenvalue weighted by Gasteiger charge is 2.14. The number of rotatable bonds is 5. The number of nitrogens with zero attached hydrogens (tertiary/aromatic N) is 2. The van der Waals surface area contributed by atoms with E-state index in [-0.39, 0.29) is 11.4 Å². The van der Waals surface area contributed by atoms with Crippen LogP contribution in [0.4, 0.5) is 0 Å². The Bertz CT molecular complexity index is 320. The fourth-order valence-electron chi connectivity index (χ4n) is 1.20. The molecule has 0 spiro atoms. The third kappa shape index (κ3) is 2.48. The Morgan fingerprint density at radius 3 is 2.79 bits per heavy atom. The number of carboxylic acid groups (broad SMARTS) is 1. The topological polar surface area (TPSA) is 75.4 Å². The van der Waals surface area contributed by atoms with Crippen molar-refractivity contribution in [3.8, 4) is 5.75 Å². The molecule has 0 aromatic carbocycles. The second-order valence-electron chi connectivity index (χ2n) is 3.14. The predicted molar refractivity (Wildman–Crippen MR) is 50.4 cm³/mol. The van der Waals surface area contributed by atoms with Crippen LogP contribution in [0.5, 0.6) is 5.75 Å². The van der Waals surface area contributed by atoms with Crippen LogP contribution in [0.3, 0.4) is 0 Å². The molecule has 0 radical (unpaired) electrons. The van der Waals surface area contributed by atoms with Crippen LogP contribution in [0.25, 0.3) is 0 Å². The first kappa shape index (κ1) is 10.6. The van der Waals surface area contributed by atoms with Gasteiger partial charge in [-0.15, -0.1) is 0 Å². The molecule has 0 aliphatic heterocycles. The number of aromatic carboxylic acids is 1. The highest BCUT2D eigenvalue weighted by atomic mass is 16.4. The first-order chi connectivity index (χ1) is 6.65. The average molecular weight is 198 g/mol. The predicted octanol–water partition coefficient (Wildman–Crippen LogP) is 1.48. The summed E-state index contributed by atoms with van der Waals surface area (Å²) in [4.78, 5) is 10.5. The molecule has 14 heavy (non-hydrogen) atoms. The van der Waals surface area contributed by atoms with Gasteiger partial charge in [-0.05, 0) is 6.42 Å². The second-order valence-corrected chi connectivity index (χ2v) is 3.14. The standard InChI is InChI=1S/C9H14N2O3/c1-2-3-4-5-11-6-7(12)8(10-11)9(13)14/h6,12H,2-5H2,1H3,(H,13,14). The van der Waals surface area contributed by atoms with Gasteiger partial charge in [0.1, 0.15) is 0 Å². The smallest absolute Gasteiger partial charge is 0.360 e. The van der Waals surface area contributed by atoms with Crippen LogP contribution < -0.4 is 0 Å². The molecule has 78 valence electrons. The third-order valence-electron chi connectivity index (χ3n) is 1.94. The molecule has 0 atom stereocenters. The highest BCUT2D eigenvalue weighted by Crippen LogP contribution is 2.14. The normalized spacial score (nSPS) is 10.4. The van der Waals surface area contributed by atoms with Crippen molar-refractivity contribution in [1.82, 2.24) is 9.78 Å². The van der Waals surface area contributed by atoms with Crippen LogP contribution in [0.1, 0.15) is 36.7 Å². The molecule has 2 N–H and O–H groups in total. The molecule has 0 bridgehead atoms. The van der Waals surface area contributed by atoms with Gasteiger partial charge in [-0.3, -0.25) is 4.68 Å². The minimum Gasteiger partial charge on any atom is -0.504 e. The van der Waals surface area contributed by atoms with Gasteiger partial charge in [0.15, 0.2) is 5.75 Å².